The Morgan fingerprint density at radius 3 is 2.30 bits per heavy atom. The molecule has 238 valence electrons. The van der Waals surface area contributed by atoms with Gasteiger partial charge in [0.15, 0.2) is 0 Å². The van der Waals surface area contributed by atoms with E-state index in [0.717, 1.165) is 26.7 Å². The van der Waals surface area contributed by atoms with E-state index in [1.807, 2.05) is 72.8 Å². The lowest BCUT2D eigenvalue weighted by Gasteiger charge is -2.35. The van der Waals surface area contributed by atoms with E-state index >= 15 is 0 Å². The molecule has 1 atom stereocenters. The van der Waals surface area contributed by atoms with Crippen molar-refractivity contribution < 1.29 is 26.9 Å². The molecular formula is C34H42ClNO6S2. The monoisotopic (exact) mass is 659 g/mol. The molecule has 0 heterocycles. The molecule has 0 aliphatic carbocycles. The van der Waals surface area contributed by atoms with Crippen molar-refractivity contribution in [2.45, 2.75) is 80.9 Å². The molecule has 0 aliphatic rings. The Morgan fingerprint density at radius 1 is 1.00 bits per heavy atom. The summed E-state index contributed by atoms with van der Waals surface area (Å²) in [4.78, 5) is 14.9. The summed E-state index contributed by atoms with van der Waals surface area (Å²) in [6, 6.07) is 23.8. The first-order valence-corrected chi connectivity index (χ1v) is 17.3. The minimum absolute atomic E-state index is 0.0441. The van der Waals surface area contributed by atoms with Crippen LogP contribution in [0.2, 0.25) is 5.02 Å². The number of aryl methyl sites for hydroxylation is 1. The maximum absolute atomic E-state index is 12.8. The summed E-state index contributed by atoms with van der Waals surface area (Å²) in [6.07, 6.45) is 2.42. The van der Waals surface area contributed by atoms with E-state index in [0.29, 0.717) is 30.9 Å². The van der Waals surface area contributed by atoms with E-state index in [4.69, 9.17) is 25.3 Å². The second kappa shape index (κ2) is 16.4. The number of hydrogen-bond donors (Lipinski definition) is 1. The van der Waals surface area contributed by atoms with Gasteiger partial charge >= 0.3 is 6.09 Å². The van der Waals surface area contributed by atoms with Gasteiger partial charge in [-0.1, -0.05) is 65.8 Å². The number of benzene rings is 3. The number of rotatable bonds is 16. The SMILES string of the molecule is C=CCC(CCc1ccc(Sc2ccc(OCc3ccccc3)cc2)cc1Cl)(CCS(=O)(=O)OCC)NC(=O)OC(C)(C)C. The van der Waals surface area contributed by atoms with Crippen molar-refractivity contribution in [2.24, 2.45) is 0 Å². The van der Waals surface area contributed by atoms with E-state index in [9.17, 15) is 13.2 Å². The second-order valence-corrected chi connectivity index (χ2v) is 14.7. The van der Waals surface area contributed by atoms with E-state index in [2.05, 4.69) is 11.9 Å². The van der Waals surface area contributed by atoms with Crippen LogP contribution in [0.15, 0.2) is 95.2 Å². The summed E-state index contributed by atoms with van der Waals surface area (Å²) >= 11 is 8.32. The summed E-state index contributed by atoms with van der Waals surface area (Å²) in [5.74, 6) is 0.535. The van der Waals surface area contributed by atoms with E-state index in [1.54, 1.807) is 45.5 Å². The van der Waals surface area contributed by atoms with Gasteiger partial charge in [0, 0.05) is 20.4 Å². The molecule has 0 radical (unpaired) electrons. The highest BCUT2D eigenvalue weighted by Crippen LogP contribution is 2.34. The van der Waals surface area contributed by atoms with Crippen molar-refractivity contribution in [1.29, 1.82) is 0 Å². The van der Waals surface area contributed by atoms with Crippen LogP contribution in [0, 0.1) is 0 Å². The molecule has 7 nitrogen and oxygen atoms in total. The van der Waals surface area contributed by atoms with Crippen LogP contribution in [-0.4, -0.2) is 38.0 Å². The largest absolute Gasteiger partial charge is 0.489 e. The Hall–Kier alpha value is -2.98. The van der Waals surface area contributed by atoms with Gasteiger partial charge in [-0.3, -0.25) is 4.18 Å². The maximum Gasteiger partial charge on any atom is 0.408 e. The van der Waals surface area contributed by atoms with Gasteiger partial charge in [0.1, 0.15) is 18.0 Å². The lowest BCUT2D eigenvalue weighted by atomic mass is 9.85. The molecule has 10 heteroatoms. The van der Waals surface area contributed by atoms with E-state index < -0.39 is 27.4 Å². The summed E-state index contributed by atoms with van der Waals surface area (Å²) in [6.45, 7) is 11.3. The molecule has 0 bridgehead atoms. The predicted octanol–water partition coefficient (Wildman–Crippen LogP) is 8.60. The molecule has 0 spiro atoms. The summed E-state index contributed by atoms with van der Waals surface area (Å²) in [7, 11) is -3.76. The van der Waals surface area contributed by atoms with Crippen molar-refractivity contribution in [2.75, 3.05) is 12.4 Å². The number of hydrogen-bond acceptors (Lipinski definition) is 7. The zero-order chi connectivity index (χ0) is 32.2. The molecule has 3 aromatic rings. The molecule has 0 fully saturated rings. The van der Waals surface area contributed by atoms with Crippen LogP contribution in [0.3, 0.4) is 0 Å². The van der Waals surface area contributed by atoms with Crippen LogP contribution in [0.4, 0.5) is 4.79 Å². The van der Waals surface area contributed by atoms with Crippen LogP contribution in [-0.2, 0) is 32.1 Å². The van der Waals surface area contributed by atoms with Crippen LogP contribution in [0.1, 0.15) is 58.1 Å². The van der Waals surface area contributed by atoms with Crippen molar-refractivity contribution >= 4 is 39.6 Å². The predicted molar refractivity (Wildman–Crippen MR) is 178 cm³/mol. The standard InChI is InChI=1S/C34H42ClNO6S2/c1-6-20-34(22-23-44(38,39)41-7-2,36-32(37)42-33(3,4)5)21-19-27-13-16-30(24-31(27)35)43-29-17-14-28(15-18-29)40-25-26-11-9-8-10-12-26/h6,8-18,24H,1,7,19-23,25H2,2-5H3,(H,36,37). The number of amides is 1. The number of carbonyl (C=O) groups is 1. The molecule has 0 saturated heterocycles. The first kappa shape index (κ1) is 35.5. The first-order chi connectivity index (χ1) is 20.8. The zero-order valence-corrected chi connectivity index (χ0v) is 28.2. The average molecular weight is 660 g/mol. The quantitative estimate of drug-likeness (QED) is 0.122. The molecule has 0 aromatic heterocycles. The van der Waals surface area contributed by atoms with Crippen molar-refractivity contribution in [1.82, 2.24) is 5.32 Å². The lowest BCUT2D eigenvalue weighted by molar-refractivity contribution is 0.0445. The molecular weight excluding hydrogens is 618 g/mol. The molecule has 3 aromatic carbocycles. The zero-order valence-electron chi connectivity index (χ0n) is 25.8. The lowest BCUT2D eigenvalue weighted by Crippen LogP contribution is -2.51. The second-order valence-electron chi connectivity index (χ2n) is 11.4. The molecule has 0 aliphatic heterocycles. The van der Waals surface area contributed by atoms with Crippen LogP contribution >= 0.6 is 23.4 Å². The van der Waals surface area contributed by atoms with Gasteiger partial charge in [-0.05, 0) is 101 Å². The molecule has 1 unspecified atom stereocenters. The molecule has 0 saturated carbocycles. The molecule has 1 N–H and O–H groups in total. The van der Waals surface area contributed by atoms with Gasteiger partial charge in [0.2, 0.25) is 0 Å². The van der Waals surface area contributed by atoms with Crippen LogP contribution < -0.4 is 10.1 Å². The highest BCUT2D eigenvalue weighted by molar-refractivity contribution is 7.99. The van der Waals surface area contributed by atoms with Gasteiger partial charge in [0.25, 0.3) is 10.1 Å². The Kier molecular flexibility index (Phi) is 13.2. The molecule has 3 rings (SSSR count). The number of alkyl carbamates (subject to hydrolysis) is 1. The van der Waals surface area contributed by atoms with Gasteiger partial charge in [-0.2, -0.15) is 8.42 Å². The van der Waals surface area contributed by atoms with Gasteiger partial charge in [-0.15, -0.1) is 6.58 Å². The Labute approximate surface area is 271 Å². The summed E-state index contributed by atoms with van der Waals surface area (Å²) < 4.78 is 41.1. The third-order valence-corrected chi connectivity index (χ3v) is 9.28. The first-order valence-electron chi connectivity index (χ1n) is 14.5. The average Bonchev–Trinajstić information content (AvgIpc) is 2.95. The third-order valence-electron chi connectivity index (χ3n) is 6.63. The Morgan fingerprint density at radius 2 is 1.68 bits per heavy atom. The summed E-state index contributed by atoms with van der Waals surface area (Å²) in [5, 5.41) is 3.54. The topological polar surface area (TPSA) is 90.9 Å². The minimum atomic E-state index is -3.76. The van der Waals surface area contributed by atoms with Crippen molar-refractivity contribution in [3.05, 3.63) is 102 Å². The van der Waals surface area contributed by atoms with E-state index in [1.165, 1.54) is 0 Å². The summed E-state index contributed by atoms with van der Waals surface area (Å²) in [5.41, 5.74) is 0.342. The van der Waals surface area contributed by atoms with Crippen molar-refractivity contribution in [3.63, 3.8) is 0 Å². The molecule has 44 heavy (non-hydrogen) atoms. The highest BCUT2D eigenvalue weighted by Gasteiger charge is 2.34. The third kappa shape index (κ3) is 12.2. The highest BCUT2D eigenvalue weighted by atomic mass is 35.5. The van der Waals surface area contributed by atoms with Crippen LogP contribution in [0.5, 0.6) is 5.75 Å². The van der Waals surface area contributed by atoms with Gasteiger partial charge in [0.05, 0.1) is 12.4 Å². The van der Waals surface area contributed by atoms with Gasteiger partial charge < -0.3 is 14.8 Å². The number of carbonyl (C=O) groups excluding carboxylic acids is 1. The van der Waals surface area contributed by atoms with Crippen molar-refractivity contribution in [3.8, 4) is 5.75 Å². The number of halogens is 1. The number of nitrogens with one attached hydrogen (secondary N) is 1. The fourth-order valence-corrected chi connectivity index (χ4v) is 6.82. The smallest absolute Gasteiger partial charge is 0.408 e. The molecule has 1 amide bonds. The van der Waals surface area contributed by atoms with Gasteiger partial charge in [-0.25, -0.2) is 4.79 Å². The van der Waals surface area contributed by atoms with Crippen LogP contribution in [0.25, 0.3) is 0 Å². The Bertz CT molecular complexity index is 1470. The fraction of sp³-hybridized carbons (Fsp3) is 0.382. The minimum Gasteiger partial charge on any atom is -0.489 e. The fourth-order valence-electron chi connectivity index (χ4n) is 4.51. The number of ether oxygens (including phenoxy) is 2. The van der Waals surface area contributed by atoms with E-state index in [-0.39, 0.29) is 18.8 Å². The normalized spacial score (nSPS) is 13.1. The maximum atomic E-state index is 12.8. The Balaban J connectivity index is 1.69.